The second-order valence-corrected chi connectivity index (χ2v) is 1.30. The van der Waals surface area contributed by atoms with Gasteiger partial charge < -0.3 is 27.3 Å². The molecule has 0 aromatic rings. The van der Waals surface area contributed by atoms with Crippen LogP contribution in [0.4, 0.5) is 9.59 Å². The van der Waals surface area contributed by atoms with Crippen LogP contribution in [-0.2, 0) is 4.79 Å². The predicted octanol–water partition coefficient (Wildman–Crippen LogP) is -1.49. The first-order valence-electron chi connectivity index (χ1n) is 2.87. The summed E-state index contributed by atoms with van der Waals surface area (Å²) in [4.78, 5) is 26.7. The summed E-state index contributed by atoms with van der Waals surface area (Å²) < 4.78 is 0. The Morgan fingerprint density at radius 3 is 1.50 bits per heavy atom. The van der Waals surface area contributed by atoms with Crippen molar-refractivity contribution < 1.29 is 14.4 Å². The molecule has 0 radical (unpaired) electrons. The van der Waals surface area contributed by atoms with Crippen molar-refractivity contribution in [3.05, 3.63) is 0 Å². The molecule has 4 amide bonds. The molecule has 0 saturated heterocycles. The first kappa shape index (κ1) is 16.7. The van der Waals surface area contributed by atoms with Crippen LogP contribution in [0.2, 0.25) is 0 Å². The maximum absolute atomic E-state index is 9.71. The summed E-state index contributed by atoms with van der Waals surface area (Å²) in [5.74, 6) is 0. The lowest BCUT2D eigenvalue weighted by atomic mass is 10.7. The summed E-state index contributed by atoms with van der Waals surface area (Å²) in [5.41, 5.74) is 13.2. The fourth-order valence-corrected chi connectivity index (χ4v) is 0.174. The Balaban J connectivity index is -0.000000118. The topological polar surface area (TPSA) is 141 Å². The molecular weight excluding hydrogens is 164 g/mol. The van der Waals surface area contributed by atoms with Crippen LogP contribution in [0, 0.1) is 0 Å². The number of rotatable bonds is 1. The van der Waals surface area contributed by atoms with Gasteiger partial charge >= 0.3 is 12.1 Å². The molecule has 0 unspecified atom stereocenters. The van der Waals surface area contributed by atoms with Gasteiger partial charge in [0.05, 0.1) is 0 Å². The number of amides is 4. The van der Waals surface area contributed by atoms with Gasteiger partial charge in [-0.05, 0) is 6.92 Å². The zero-order chi connectivity index (χ0) is 10.6. The number of hydrogen-bond donors (Lipinski definition) is 4. The molecule has 0 aromatic carbocycles. The third-order valence-corrected chi connectivity index (χ3v) is 0.351. The molecule has 0 saturated carbocycles. The van der Waals surface area contributed by atoms with E-state index in [1.54, 1.807) is 0 Å². The smallest absolute Gasteiger partial charge is 0.312 e. The molecule has 0 bridgehead atoms. The first-order chi connectivity index (χ1) is 5.50. The Labute approximate surface area is 70.3 Å². The van der Waals surface area contributed by atoms with Crippen molar-refractivity contribution in [3.8, 4) is 0 Å². The van der Waals surface area contributed by atoms with Crippen LogP contribution in [0.15, 0.2) is 0 Å². The number of nitrogens with two attached hydrogens (primary N) is 3. The molecule has 0 aliphatic rings. The Morgan fingerprint density at radius 2 is 1.50 bits per heavy atom. The fraction of sp³-hybridized carbons (Fsp3) is 0.400. The van der Waals surface area contributed by atoms with Crippen molar-refractivity contribution >= 4 is 18.9 Å². The van der Waals surface area contributed by atoms with Gasteiger partial charge in [0.1, 0.15) is 6.79 Å². The highest BCUT2D eigenvalue weighted by Gasteiger charge is 1.79. The van der Waals surface area contributed by atoms with E-state index in [2.05, 4.69) is 22.5 Å². The van der Waals surface area contributed by atoms with Crippen molar-refractivity contribution in [2.75, 3.05) is 6.54 Å². The number of nitrogens with one attached hydrogen (secondary N) is 1. The van der Waals surface area contributed by atoms with Crippen LogP contribution in [0.25, 0.3) is 0 Å². The van der Waals surface area contributed by atoms with E-state index < -0.39 is 12.1 Å². The van der Waals surface area contributed by atoms with Gasteiger partial charge in [0.2, 0.25) is 0 Å². The van der Waals surface area contributed by atoms with E-state index in [9.17, 15) is 4.79 Å². The molecule has 7 nitrogen and oxygen atoms in total. The van der Waals surface area contributed by atoms with Gasteiger partial charge in [-0.2, -0.15) is 0 Å². The Bertz CT molecular complexity index is 124. The zero-order valence-corrected chi connectivity index (χ0v) is 6.87. The van der Waals surface area contributed by atoms with Gasteiger partial charge in [0.25, 0.3) is 0 Å². The third-order valence-electron chi connectivity index (χ3n) is 0.351. The van der Waals surface area contributed by atoms with Crippen LogP contribution < -0.4 is 22.5 Å². The molecule has 7 heteroatoms. The highest BCUT2D eigenvalue weighted by Crippen LogP contribution is 1.49. The number of carbonyl (C=O) groups is 3. The fourth-order valence-electron chi connectivity index (χ4n) is 0.174. The van der Waals surface area contributed by atoms with Gasteiger partial charge in [-0.1, -0.05) is 0 Å². The minimum atomic E-state index is -0.833. The summed E-state index contributed by atoms with van der Waals surface area (Å²) >= 11 is 0. The van der Waals surface area contributed by atoms with Crippen molar-refractivity contribution in [2.24, 2.45) is 17.2 Å². The first-order valence-corrected chi connectivity index (χ1v) is 2.87. The maximum atomic E-state index is 9.71. The Kier molecular flexibility index (Phi) is 22.3. The molecule has 0 rings (SSSR count). The largest absolute Gasteiger partial charge is 0.352 e. The second-order valence-electron chi connectivity index (χ2n) is 1.30. The van der Waals surface area contributed by atoms with Crippen LogP contribution in [0.3, 0.4) is 0 Å². The normalized spacial score (nSPS) is 6.08. The lowest BCUT2D eigenvalue weighted by Crippen LogP contribution is -2.28. The van der Waals surface area contributed by atoms with E-state index in [1.165, 1.54) is 0 Å². The van der Waals surface area contributed by atoms with E-state index in [0.717, 1.165) is 0 Å². The van der Waals surface area contributed by atoms with Crippen LogP contribution in [-0.4, -0.2) is 25.4 Å². The lowest BCUT2D eigenvalue weighted by Gasteiger charge is -1.88. The monoisotopic (exact) mass is 178 g/mol. The number of primary amides is 3. The Hall–Kier alpha value is -1.79. The Morgan fingerprint density at radius 1 is 1.25 bits per heavy atom. The average molecular weight is 178 g/mol. The van der Waals surface area contributed by atoms with Gasteiger partial charge in [-0.25, -0.2) is 9.59 Å². The molecule has 0 fully saturated rings. The quantitative estimate of drug-likeness (QED) is 0.388. The molecule has 72 valence electrons. The van der Waals surface area contributed by atoms with Crippen molar-refractivity contribution in [1.29, 1.82) is 0 Å². The van der Waals surface area contributed by atoms with Gasteiger partial charge in [0, 0.05) is 6.54 Å². The summed E-state index contributed by atoms with van der Waals surface area (Å²) in [6.45, 7) is 4.42. The van der Waals surface area contributed by atoms with E-state index in [-0.39, 0.29) is 0 Å². The minimum absolute atomic E-state index is 0.461. The van der Waals surface area contributed by atoms with Crippen LogP contribution in [0.1, 0.15) is 6.92 Å². The highest BCUT2D eigenvalue weighted by molar-refractivity contribution is 5.71. The highest BCUT2D eigenvalue weighted by atomic mass is 16.2. The molecule has 0 atom stereocenters. The van der Waals surface area contributed by atoms with Crippen LogP contribution >= 0.6 is 0 Å². The van der Waals surface area contributed by atoms with E-state index >= 15 is 0 Å². The summed E-state index contributed by atoms with van der Waals surface area (Å²) in [7, 11) is 0. The molecule has 7 N–H and O–H groups in total. The third kappa shape index (κ3) is 292. The van der Waals surface area contributed by atoms with Crippen molar-refractivity contribution in [1.82, 2.24) is 5.32 Å². The summed E-state index contributed by atoms with van der Waals surface area (Å²) in [6, 6.07) is -1.29. The average Bonchev–Trinajstić information content (AvgIpc) is 1.90. The molecule has 12 heavy (non-hydrogen) atoms. The summed E-state index contributed by atoms with van der Waals surface area (Å²) in [5, 5.41) is 2.35. The van der Waals surface area contributed by atoms with Crippen LogP contribution in [0.5, 0.6) is 0 Å². The van der Waals surface area contributed by atoms with Gasteiger partial charge in [0.15, 0.2) is 0 Å². The van der Waals surface area contributed by atoms with Gasteiger partial charge in [-0.3, -0.25) is 0 Å². The molecule has 0 aliphatic carbocycles. The van der Waals surface area contributed by atoms with E-state index in [1.807, 2.05) is 13.7 Å². The van der Waals surface area contributed by atoms with E-state index in [0.29, 0.717) is 6.54 Å². The van der Waals surface area contributed by atoms with E-state index in [4.69, 9.17) is 9.59 Å². The lowest BCUT2D eigenvalue weighted by molar-refractivity contribution is -0.0979. The number of hydrogen-bond acceptors (Lipinski definition) is 3. The SMILES string of the molecule is C=O.CCNC(N)=O.NC(N)=O. The molecule has 0 aliphatic heterocycles. The number of urea groups is 2. The standard InChI is InChI=1S/C3H8N2O.CH4N2O.CH2O/c1-2-5-3(4)6;2-1(3)4;1-2/h2H2,1H3,(H3,4,5,6);(H4,2,3,4);1H2. The molecule has 0 aromatic heterocycles. The zero-order valence-electron chi connectivity index (χ0n) is 6.87. The maximum Gasteiger partial charge on any atom is 0.312 e. The van der Waals surface area contributed by atoms with Gasteiger partial charge in [-0.15, -0.1) is 0 Å². The van der Waals surface area contributed by atoms with Crippen molar-refractivity contribution in [3.63, 3.8) is 0 Å². The molecule has 0 heterocycles. The predicted molar refractivity (Wildman–Crippen MR) is 44.2 cm³/mol. The number of carbonyl (C=O) groups excluding carboxylic acids is 3. The molecular formula is C5H14N4O3. The summed E-state index contributed by atoms with van der Waals surface area (Å²) in [6.07, 6.45) is 0. The second kappa shape index (κ2) is 16.1. The van der Waals surface area contributed by atoms with Crippen molar-refractivity contribution in [2.45, 2.75) is 6.92 Å². The molecule has 0 spiro atoms. The minimum Gasteiger partial charge on any atom is -0.352 e.